The number of ether oxygens (including phenoxy) is 1. The number of fused-ring (bicyclic) bond motifs is 1. The molecule has 0 unspecified atom stereocenters. The van der Waals surface area contributed by atoms with Gasteiger partial charge in [0.1, 0.15) is 4.90 Å². The summed E-state index contributed by atoms with van der Waals surface area (Å²) in [5.74, 6) is -0.341. The van der Waals surface area contributed by atoms with Crippen molar-refractivity contribution in [3.8, 4) is 0 Å². The molecule has 0 aliphatic carbocycles. The zero-order valence-corrected chi connectivity index (χ0v) is 14.7. The van der Waals surface area contributed by atoms with Crippen molar-refractivity contribution in [2.75, 3.05) is 31.2 Å². The van der Waals surface area contributed by atoms with E-state index in [1.54, 1.807) is 30.3 Å². The summed E-state index contributed by atoms with van der Waals surface area (Å²) < 4.78 is 33.1. The van der Waals surface area contributed by atoms with Gasteiger partial charge >= 0.3 is 0 Å². The average Bonchev–Trinajstić information content (AvgIpc) is 2.93. The first-order valence-electron chi connectivity index (χ1n) is 8.23. The van der Waals surface area contributed by atoms with Crippen LogP contribution in [0.3, 0.4) is 0 Å². The van der Waals surface area contributed by atoms with Crippen LogP contribution in [0.1, 0.15) is 15.9 Å². The maximum absolute atomic E-state index is 12.5. The third-order valence-corrected chi connectivity index (χ3v) is 5.70. The molecule has 8 heteroatoms. The monoisotopic (exact) mass is 371 g/mol. The maximum atomic E-state index is 12.5. The van der Waals surface area contributed by atoms with Crippen LogP contribution in [-0.2, 0) is 14.8 Å². The van der Waals surface area contributed by atoms with Crippen molar-refractivity contribution in [2.45, 2.75) is 4.90 Å². The second kappa shape index (κ2) is 6.54. The number of hydrogen-bond acceptors (Lipinski definition) is 5. The molecule has 0 radical (unpaired) electrons. The first-order valence-corrected chi connectivity index (χ1v) is 9.67. The highest BCUT2D eigenvalue weighted by molar-refractivity contribution is 7.90. The maximum Gasteiger partial charge on any atom is 0.285 e. The van der Waals surface area contributed by atoms with Gasteiger partial charge in [0.2, 0.25) is 0 Å². The topological polar surface area (TPSA) is 88.1 Å². The Morgan fingerprint density at radius 1 is 1.04 bits per heavy atom. The van der Waals surface area contributed by atoms with Crippen molar-refractivity contribution in [2.24, 2.45) is 4.40 Å². The molecule has 0 atom stereocenters. The van der Waals surface area contributed by atoms with E-state index in [0.717, 1.165) is 18.8 Å². The highest BCUT2D eigenvalue weighted by atomic mass is 32.2. The van der Waals surface area contributed by atoms with Crippen LogP contribution in [0.2, 0.25) is 0 Å². The molecule has 0 bridgehead atoms. The van der Waals surface area contributed by atoms with Crippen LogP contribution in [0.15, 0.2) is 57.8 Å². The summed E-state index contributed by atoms with van der Waals surface area (Å²) in [6.45, 7) is 3.01. The lowest BCUT2D eigenvalue weighted by Gasteiger charge is -2.28. The minimum absolute atomic E-state index is 0.0582. The number of rotatable bonds is 2. The molecule has 1 fully saturated rings. The lowest BCUT2D eigenvalue weighted by Crippen LogP contribution is -2.36. The normalized spacial score (nSPS) is 18.2. The summed E-state index contributed by atoms with van der Waals surface area (Å²) in [5.41, 5.74) is 1.87. The number of morpholine rings is 1. The van der Waals surface area contributed by atoms with Crippen molar-refractivity contribution in [1.29, 1.82) is 0 Å². The van der Waals surface area contributed by atoms with Crippen LogP contribution in [0.4, 0.5) is 5.69 Å². The predicted molar refractivity (Wildman–Crippen MR) is 97.1 cm³/mol. The van der Waals surface area contributed by atoms with Crippen LogP contribution in [-0.4, -0.2) is 46.5 Å². The van der Waals surface area contributed by atoms with Crippen LogP contribution >= 0.6 is 0 Å². The fourth-order valence-corrected chi connectivity index (χ4v) is 4.20. The van der Waals surface area contributed by atoms with Gasteiger partial charge in [0.05, 0.1) is 13.2 Å². The second-order valence-electron chi connectivity index (χ2n) is 6.01. The third-order valence-electron chi connectivity index (χ3n) is 4.37. The van der Waals surface area contributed by atoms with Crippen molar-refractivity contribution >= 4 is 27.5 Å². The Hall–Kier alpha value is -2.71. The molecule has 2 heterocycles. The van der Waals surface area contributed by atoms with Gasteiger partial charge in [-0.3, -0.25) is 4.79 Å². The van der Waals surface area contributed by atoms with Crippen LogP contribution in [0.5, 0.6) is 0 Å². The molecule has 2 aliphatic heterocycles. The minimum atomic E-state index is -3.75. The zero-order valence-electron chi connectivity index (χ0n) is 13.9. The summed E-state index contributed by atoms with van der Waals surface area (Å²) in [5, 5.41) is 2.60. The molecule has 0 spiro atoms. The van der Waals surface area contributed by atoms with Crippen LogP contribution < -0.4 is 10.2 Å². The first kappa shape index (κ1) is 16.7. The molecule has 0 saturated carbocycles. The predicted octanol–water partition coefficient (Wildman–Crippen LogP) is 1.40. The molecule has 26 heavy (non-hydrogen) atoms. The molecule has 2 aromatic carbocycles. The van der Waals surface area contributed by atoms with Crippen LogP contribution in [0.25, 0.3) is 0 Å². The minimum Gasteiger partial charge on any atom is -0.378 e. The fraction of sp³-hybridized carbons (Fsp3) is 0.222. The van der Waals surface area contributed by atoms with E-state index in [2.05, 4.69) is 14.6 Å². The number of amidine groups is 1. The molecule has 2 aromatic rings. The molecule has 1 N–H and O–H groups in total. The zero-order chi connectivity index (χ0) is 18.1. The number of amides is 1. The lowest BCUT2D eigenvalue weighted by atomic mass is 10.1. The van der Waals surface area contributed by atoms with E-state index < -0.39 is 15.9 Å². The molecule has 1 saturated heterocycles. The second-order valence-corrected chi connectivity index (χ2v) is 7.58. The standard InChI is InChI=1S/C18H17N3O4S/c22-18(13-5-7-14(8-6-13)21-9-11-25-12-10-21)19-17-15-3-1-2-4-16(15)26(23,24)20-17/h1-8H,9-12H2,(H,19,20,22). The van der Waals surface area contributed by atoms with E-state index in [1.165, 1.54) is 6.07 Å². The molecular weight excluding hydrogens is 354 g/mol. The number of sulfonamides is 1. The molecule has 7 nitrogen and oxygen atoms in total. The van der Waals surface area contributed by atoms with Crippen LogP contribution in [0, 0.1) is 0 Å². The Labute approximate surface area is 151 Å². The van der Waals surface area contributed by atoms with Crippen molar-refractivity contribution in [3.63, 3.8) is 0 Å². The summed E-state index contributed by atoms with van der Waals surface area (Å²) in [4.78, 5) is 14.8. The SMILES string of the molecule is O=C(NC1=NS(=O)(=O)c2ccccc21)c1ccc(N2CCOCC2)cc1. The number of carbonyl (C=O) groups excluding carboxylic acids is 1. The van der Waals surface area contributed by atoms with Gasteiger partial charge in [0.15, 0.2) is 5.84 Å². The highest BCUT2D eigenvalue weighted by Gasteiger charge is 2.29. The Kier molecular flexibility index (Phi) is 4.21. The quantitative estimate of drug-likeness (QED) is 0.862. The number of nitrogens with one attached hydrogen (secondary N) is 1. The number of hydrogen-bond donors (Lipinski definition) is 1. The summed E-state index contributed by atoms with van der Waals surface area (Å²) in [7, 11) is -3.75. The smallest absolute Gasteiger partial charge is 0.285 e. The lowest BCUT2D eigenvalue weighted by molar-refractivity contribution is 0.0977. The largest absolute Gasteiger partial charge is 0.378 e. The third kappa shape index (κ3) is 3.09. The van der Waals surface area contributed by atoms with Crippen molar-refractivity contribution < 1.29 is 17.9 Å². The van der Waals surface area contributed by atoms with Gasteiger partial charge in [0.25, 0.3) is 15.9 Å². The Bertz CT molecular complexity index is 978. The van der Waals surface area contributed by atoms with Gasteiger partial charge in [-0.15, -0.1) is 4.40 Å². The van der Waals surface area contributed by atoms with Crippen molar-refractivity contribution in [3.05, 3.63) is 59.7 Å². The average molecular weight is 371 g/mol. The fourth-order valence-electron chi connectivity index (χ4n) is 3.02. The number of benzene rings is 2. The van der Waals surface area contributed by atoms with Gasteiger partial charge in [-0.1, -0.05) is 12.1 Å². The molecule has 134 valence electrons. The van der Waals surface area contributed by atoms with E-state index in [9.17, 15) is 13.2 Å². The highest BCUT2D eigenvalue weighted by Crippen LogP contribution is 2.25. The van der Waals surface area contributed by atoms with Crippen molar-refractivity contribution in [1.82, 2.24) is 5.32 Å². The molecule has 1 amide bonds. The van der Waals surface area contributed by atoms with Gasteiger partial charge in [-0.05, 0) is 36.4 Å². The number of carbonyl (C=O) groups is 1. The van der Waals surface area contributed by atoms with E-state index in [1.807, 2.05) is 12.1 Å². The number of nitrogens with zero attached hydrogens (tertiary/aromatic N) is 2. The van der Waals surface area contributed by atoms with Gasteiger partial charge in [0, 0.05) is 29.9 Å². The molecule has 2 aliphatic rings. The van der Waals surface area contributed by atoms with E-state index in [0.29, 0.717) is 24.3 Å². The Morgan fingerprint density at radius 3 is 2.46 bits per heavy atom. The van der Waals surface area contributed by atoms with E-state index >= 15 is 0 Å². The Morgan fingerprint density at radius 2 is 1.73 bits per heavy atom. The molecule has 4 rings (SSSR count). The summed E-state index contributed by atoms with van der Waals surface area (Å²) in [6.07, 6.45) is 0. The van der Waals surface area contributed by atoms with E-state index in [4.69, 9.17) is 4.74 Å². The van der Waals surface area contributed by atoms with E-state index in [-0.39, 0.29) is 10.7 Å². The van der Waals surface area contributed by atoms with Gasteiger partial charge in [-0.2, -0.15) is 8.42 Å². The van der Waals surface area contributed by atoms with Gasteiger partial charge in [-0.25, -0.2) is 0 Å². The molecular formula is C18H17N3O4S. The summed E-state index contributed by atoms with van der Waals surface area (Å²) in [6, 6.07) is 13.6. The Balaban J connectivity index is 1.52. The van der Waals surface area contributed by atoms with Gasteiger partial charge < -0.3 is 15.0 Å². The first-order chi connectivity index (χ1) is 12.5. The molecule has 0 aromatic heterocycles. The number of anilines is 1. The summed E-state index contributed by atoms with van der Waals surface area (Å²) >= 11 is 0.